The van der Waals surface area contributed by atoms with Crippen molar-refractivity contribution in [3.05, 3.63) is 192 Å². The maximum atomic E-state index is 5.15. The zero-order valence-electron chi connectivity index (χ0n) is 24.0. The van der Waals surface area contributed by atoms with Crippen LogP contribution in [0.2, 0.25) is 0 Å². The van der Waals surface area contributed by atoms with E-state index in [2.05, 4.69) is 114 Å². The van der Waals surface area contributed by atoms with Gasteiger partial charge in [-0.3, -0.25) is 4.90 Å². The van der Waals surface area contributed by atoms with Gasteiger partial charge in [-0.2, -0.15) is 9.97 Å². The van der Waals surface area contributed by atoms with Gasteiger partial charge in [0.05, 0.1) is 16.8 Å². The first-order chi connectivity index (χ1) is 21.8. The van der Waals surface area contributed by atoms with Crippen molar-refractivity contribution in [3.8, 4) is 22.8 Å². The van der Waals surface area contributed by atoms with E-state index in [0.29, 0.717) is 17.6 Å². The monoisotopic (exact) mass is 564 g/mol. The predicted octanol–water partition coefficient (Wildman–Crippen LogP) is 9.37. The number of hydrogen-bond donors (Lipinski definition) is 0. The third-order valence-corrected chi connectivity index (χ3v) is 8.40. The largest absolute Gasteiger partial charge is 0.278 e. The Hall–Kier alpha value is -5.87. The number of para-hydroxylation sites is 2. The second-order valence-corrected chi connectivity index (χ2v) is 10.9. The van der Waals surface area contributed by atoms with Gasteiger partial charge in [0.25, 0.3) is 0 Å². The van der Waals surface area contributed by atoms with Crippen LogP contribution in [0.4, 0.5) is 17.3 Å². The average Bonchev–Trinajstić information content (AvgIpc) is 3.12. The van der Waals surface area contributed by atoms with Gasteiger partial charge in [-0.25, -0.2) is 4.98 Å². The minimum Gasteiger partial charge on any atom is -0.278 e. The van der Waals surface area contributed by atoms with E-state index in [1.807, 2.05) is 60.7 Å². The summed E-state index contributed by atoms with van der Waals surface area (Å²) >= 11 is 0. The van der Waals surface area contributed by atoms with Crippen LogP contribution in [-0.4, -0.2) is 15.0 Å². The highest BCUT2D eigenvalue weighted by Gasteiger charge is 2.46. The first-order valence-electron chi connectivity index (χ1n) is 14.8. The van der Waals surface area contributed by atoms with Gasteiger partial charge in [-0.1, -0.05) is 158 Å². The zero-order valence-corrected chi connectivity index (χ0v) is 24.0. The Labute approximate surface area is 257 Å². The maximum absolute atomic E-state index is 5.15. The van der Waals surface area contributed by atoms with E-state index < -0.39 is 5.41 Å². The molecule has 0 bridgehead atoms. The molecule has 0 amide bonds. The van der Waals surface area contributed by atoms with Crippen LogP contribution in [0.25, 0.3) is 22.8 Å². The molecule has 4 nitrogen and oxygen atoms in total. The molecular formula is C40H28N4. The third kappa shape index (κ3) is 4.11. The van der Waals surface area contributed by atoms with Gasteiger partial charge >= 0.3 is 0 Å². The highest BCUT2D eigenvalue weighted by molar-refractivity contribution is 5.88. The SMILES string of the molecule is c1ccc(-c2nc(-c3ccccc3)nc(N3c4ccccc4C(c4ccccc4)(c4ccccc4)c4ccccc43)n2)cc1. The molecule has 0 saturated heterocycles. The van der Waals surface area contributed by atoms with Crippen LogP contribution in [0.15, 0.2) is 170 Å². The van der Waals surface area contributed by atoms with Gasteiger partial charge in [0, 0.05) is 11.1 Å². The number of hydrogen-bond acceptors (Lipinski definition) is 4. The summed E-state index contributed by atoms with van der Waals surface area (Å²) in [7, 11) is 0. The molecule has 4 heteroatoms. The number of aromatic nitrogens is 3. The standard InChI is InChI=1S/C40H28N4/c1-5-17-29(18-6-1)37-41-38(30-19-7-2-8-20-30)43-39(42-37)44-35-27-15-13-25-33(35)40(31-21-9-3-10-22-31,32-23-11-4-12-24-32)34-26-14-16-28-36(34)44/h1-28H. The smallest absolute Gasteiger partial charge is 0.238 e. The second kappa shape index (κ2) is 10.8. The molecule has 0 fully saturated rings. The highest BCUT2D eigenvalue weighted by atomic mass is 15.3. The molecule has 0 saturated carbocycles. The Morgan fingerprint density at radius 3 is 1.16 bits per heavy atom. The Balaban J connectivity index is 1.45. The molecule has 208 valence electrons. The summed E-state index contributed by atoms with van der Waals surface area (Å²) in [6, 6.07) is 59.2. The molecule has 0 spiro atoms. The molecule has 1 aliphatic heterocycles. The molecule has 1 aromatic heterocycles. The van der Waals surface area contributed by atoms with E-state index in [4.69, 9.17) is 15.0 Å². The van der Waals surface area contributed by atoms with Crippen molar-refractivity contribution >= 4 is 17.3 Å². The fraction of sp³-hybridized carbons (Fsp3) is 0.0250. The van der Waals surface area contributed by atoms with E-state index in [0.717, 1.165) is 22.5 Å². The fourth-order valence-electron chi connectivity index (χ4n) is 6.52. The average molecular weight is 565 g/mol. The number of nitrogens with zero attached hydrogens (tertiary/aromatic N) is 4. The van der Waals surface area contributed by atoms with Gasteiger partial charge < -0.3 is 0 Å². The van der Waals surface area contributed by atoms with Gasteiger partial charge in [0.15, 0.2) is 11.6 Å². The lowest BCUT2D eigenvalue weighted by Crippen LogP contribution is -2.38. The molecule has 0 aliphatic carbocycles. The van der Waals surface area contributed by atoms with Crippen LogP contribution in [0.3, 0.4) is 0 Å². The van der Waals surface area contributed by atoms with Crippen LogP contribution in [0.5, 0.6) is 0 Å². The molecule has 7 aromatic rings. The molecule has 0 N–H and O–H groups in total. The van der Waals surface area contributed by atoms with Crippen molar-refractivity contribution in [1.29, 1.82) is 0 Å². The quantitative estimate of drug-likeness (QED) is 0.209. The van der Waals surface area contributed by atoms with Gasteiger partial charge in [-0.15, -0.1) is 0 Å². The zero-order chi connectivity index (χ0) is 29.3. The molecule has 0 atom stereocenters. The van der Waals surface area contributed by atoms with E-state index in [-0.39, 0.29) is 0 Å². The topological polar surface area (TPSA) is 41.9 Å². The summed E-state index contributed by atoms with van der Waals surface area (Å²) in [5.74, 6) is 1.84. The molecular weight excluding hydrogens is 536 g/mol. The van der Waals surface area contributed by atoms with Crippen LogP contribution in [0.1, 0.15) is 22.3 Å². The maximum Gasteiger partial charge on any atom is 0.238 e. The first kappa shape index (κ1) is 25.8. The summed E-state index contributed by atoms with van der Waals surface area (Å²) in [6.07, 6.45) is 0. The number of benzene rings is 6. The molecule has 0 unspecified atom stereocenters. The predicted molar refractivity (Wildman–Crippen MR) is 177 cm³/mol. The van der Waals surface area contributed by atoms with Gasteiger partial charge in [0.1, 0.15) is 0 Å². The summed E-state index contributed by atoms with van der Waals surface area (Å²) in [5, 5.41) is 0. The summed E-state index contributed by atoms with van der Waals surface area (Å²) in [4.78, 5) is 17.5. The third-order valence-electron chi connectivity index (χ3n) is 8.40. The van der Waals surface area contributed by atoms with Crippen LogP contribution in [0, 0.1) is 0 Å². The van der Waals surface area contributed by atoms with Crippen molar-refractivity contribution in [2.45, 2.75) is 5.41 Å². The lowest BCUT2D eigenvalue weighted by molar-refractivity contribution is 0.728. The highest BCUT2D eigenvalue weighted by Crippen LogP contribution is 2.57. The molecule has 1 aliphatic rings. The molecule has 2 heterocycles. The van der Waals surface area contributed by atoms with Crippen molar-refractivity contribution < 1.29 is 0 Å². The summed E-state index contributed by atoms with van der Waals surface area (Å²) in [6.45, 7) is 0. The Kier molecular flexibility index (Phi) is 6.31. The lowest BCUT2D eigenvalue weighted by atomic mass is 9.62. The fourth-order valence-corrected chi connectivity index (χ4v) is 6.52. The van der Waals surface area contributed by atoms with Crippen molar-refractivity contribution in [2.24, 2.45) is 0 Å². The van der Waals surface area contributed by atoms with Crippen LogP contribution < -0.4 is 4.90 Å². The molecule has 0 radical (unpaired) electrons. The minimum atomic E-state index is -0.552. The number of rotatable bonds is 5. The summed E-state index contributed by atoms with van der Waals surface area (Å²) < 4.78 is 0. The minimum absolute atomic E-state index is 0.552. The van der Waals surface area contributed by atoms with E-state index in [1.165, 1.54) is 22.3 Å². The van der Waals surface area contributed by atoms with E-state index in [9.17, 15) is 0 Å². The van der Waals surface area contributed by atoms with Crippen molar-refractivity contribution in [1.82, 2.24) is 15.0 Å². The Bertz CT molecular complexity index is 1910. The molecule has 6 aromatic carbocycles. The molecule has 8 rings (SSSR count). The first-order valence-corrected chi connectivity index (χ1v) is 14.8. The summed E-state index contributed by atoms with van der Waals surface area (Å²) in [5.41, 5.74) is 8.13. The van der Waals surface area contributed by atoms with Crippen molar-refractivity contribution in [3.63, 3.8) is 0 Å². The second-order valence-electron chi connectivity index (χ2n) is 10.9. The lowest BCUT2D eigenvalue weighted by Gasteiger charge is -2.45. The normalized spacial score (nSPS) is 13.1. The van der Waals surface area contributed by atoms with E-state index >= 15 is 0 Å². The van der Waals surface area contributed by atoms with E-state index in [1.54, 1.807) is 0 Å². The van der Waals surface area contributed by atoms with Crippen LogP contribution >= 0.6 is 0 Å². The van der Waals surface area contributed by atoms with Crippen molar-refractivity contribution in [2.75, 3.05) is 4.90 Å². The Morgan fingerprint density at radius 2 is 0.727 bits per heavy atom. The number of anilines is 3. The Morgan fingerprint density at radius 1 is 0.364 bits per heavy atom. The van der Waals surface area contributed by atoms with Gasteiger partial charge in [0.2, 0.25) is 5.95 Å². The molecule has 44 heavy (non-hydrogen) atoms. The number of fused-ring (bicyclic) bond motifs is 2. The van der Waals surface area contributed by atoms with Gasteiger partial charge in [-0.05, 0) is 34.4 Å². The van der Waals surface area contributed by atoms with Crippen LogP contribution in [-0.2, 0) is 5.41 Å².